The molecule has 0 radical (unpaired) electrons. The smallest absolute Gasteiger partial charge is 0.221 e. The monoisotopic (exact) mass is 261 g/mol. The maximum atomic E-state index is 11.6. The zero-order valence-corrected chi connectivity index (χ0v) is 12.6. The average molecular weight is 261 g/mol. The van der Waals surface area contributed by atoms with Gasteiger partial charge in [-0.2, -0.15) is 11.8 Å². The first-order chi connectivity index (χ1) is 7.76. The molecule has 1 amide bonds. The van der Waals surface area contributed by atoms with Crippen molar-refractivity contribution in [3.05, 3.63) is 0 Å². The van der Waals surface area contributed by atoms with Gasteiger partial charge in [-0.05, 0) is 31.9 Å². The number of carbonyl (C=O) groups is 1. The van der Waals surface area contributed by atoms with Crippen molar-refractivity contribution in [1.82, 2.24) is 5.32 Å². The minimum absolute atomic E-state index is 0.0247. The molecule has 0 fully saturated rings. The van der Waals surface area contributed by atoms with Crippen molar-refractivity contribution in [2.24, 2.45) is 5.92 Å². The lowest BCUT2D eigenvalue weighted by atomic mass is 9.95. The molecule has 0 aromatic rings. The van der Waals surface area contributed by atoms with Crippen molar-refractivity contribution < 1.29 is 9.90 Å². The molecule has 0 aromatic heterocycles. The molecule has 0 aliphatic carbocycles. The fraction of sp³-hybridized carbons (Fsp3) is 0.923. The third-order valence-corrected chi connectivity index (χ3v) is 3.77. The molecule has 0 aromatic carbocycles. The topological polar surface area (TPSA) is 49.3 Å². The zero-order chi connectivity index (χ0) is 13.5. The highest BCUT2D eigenvalue weighted by Gasteiger charge is 2.21. The van der Waals surface area contributed by atoms with Gasteiger partial charge in [0, 0.05) is 18.2 Å². The lowest BCUT2D eigenvalue weighted by molar-refractivity contribution is -0.122. The molecule has 0 bridgehead atoms. The van der Waals surface area contributed by atoms with E-state index in [0.29, 0.717) is 24.1 Å². The molecular weight excluding hydrogens is 234 g/mol. The van der Waals surface area contributed by atoms with Crippen LogP contribution >= 0.6 is 11.8 Å². The molecule has 0 saturated carbocycles. The first-order valence-corrected chi connectivity index (χ1v) is 7.57. The van der Waals surface area contributed by atoms with Crippen LogP contribution in [0.25, 0.3) is 0 Å². The zero-order valence-electron chi connectivity index (χ0n) is 11.7. The summed E-state index contributed by atoms with van der Waals surface area (Å²) in [5.41, 5.74) is -0.789. The van der Waals surface area contributed by atoms with Crippen LogP contribution in [-0.2, 0) is 4.79 Å². The van der Waals surface area contributed by atoms with E-state index in [4.69, 9.17) is 0 Å². The van der Waals surface area contributed by atoms with Gasteiger partial charge in [0.15, 0.2) is 0 Å². The third kappa shape index (κ3) is 9.48. The van der Waals surface area contributed by atoms with Crippen molar-refractivity contribution >= 4 is 17.7 Å². The molecule has 0 spiro atoms. The van der Waals surface area contributed by atoms with E-state index >= 15 is 0 Å². The number of amides is 1. The quantitative estimate of drug-likeness (QED) is 0.705. The highest BCUT2D eigenvalue weighted by molar-refractivity contribution is 7.99. The van der Waals surface area contributed by atoms with Gasteiger partial charge in [0.05, 0.1) is 5.60 Å². The Morgan fingerprint density at radius 1 is 1.41 bits per heavy atom. The molecule has 4 heteroatoms. The van der Waals surface area contributed by atoms with Crippen molar-refractivity contribution in [3.8, 4) is 0 Å². The van der Waals surface area contributed by atoms with Crippen LogP contribution in [0.15, 0.2) is 0 Å². The van der Waals surface area contributed by atoms with Gasteiger partial charge < -0.3 is 10.4 Å². The number of hydrogen-bond acceptors (Lipinski definition) is 3. The van der Waals surface area contributed by atoms with E-state index in [0.717, 1.165) is 12.8 Å². The Balaban J connectivity index is 3.88. The summed E-state index contributed by atoms with van der Waals surface area (Å²) in [6.07, 6.45) is 4.21. The van der Waals surface area contributed by atoms with E-state index < -0.39 is 5.60 Å². The molecule has 102 valence electrons. The van der Waals surface area contributed by atoms with E-state index in [1.165, 1.54) is 0 Å². The van der Waals surface area contributed by atoms with Crippen LogP contribution in [0.5, 0.6) is 0 Å². The Kier molecular flexibility index (Phi) is 7.88. The predicted octanol–water partition coefficient (Wildman–Crippen LogP) is 2.43. The number of hydrogen-bond donors (Lipinski definition) is 2. The van der Waals surface area contributed by atoms with Gasteiger partial charge in [0.25, 0.3) is 0 Å². The van der Waals surface area contributed by atoms with Gasteiger partial charge in [0.1, 0.15) is 0 Å². The molecule has 2 N–H and O–H groups in total. The Morgan fingerprint density at radius 3 is 2.47 bits per heavy atom. The summed E-state index contributed by atoms with van der Waals surface area (Å²) in [7, 11) is 0. The van der Waals surface area contributed by atoms with Crippen molar-refractivity contribution in [2.45, 2.75) is 57.8 Å². The molecule has 0 rings (SSSR count). The van der Waals surface area contributed by atoms with Crippen LogP contribution in [0, 0.1) is 5.92 Å². The molecule has 3 nitrogen and oxygen atoms in total. The average Bonchev–Trinajstić information content (AvgIpc) is 2.24. The van der Waals surface area contributed by atoms with Crippen LogP contribution in [0.3, 0.4) is 0 Å². The van der Waals surface area contributed by atoms with Gasteiger partial charge in [0.2, 0.25) is 5.91 Å². The first-order valence-electron chi connectivity index (χ1n) is 6.28. The van der Waals surface area contributed by atoms with Crippen LogP contribution in [-0.4, -0.2) is 34.7 Å². The Morgan fingerprint density at radius 2 is 2.00 bits per heavy atom. The number of nitrogens with one attached hydrogen (secondary N) is 1. The lowest BCUT2D eigenvalue weighted by Gasteiger charge is -2.24. The fourth-order valence-electron chi connectivity index (χ4n) is 1.39. The largest absolute Gasteiger partial charge is 0.388 e. The summed E-state index contributed by atoms with van der Waals surface area (Å²) in [6.45, 7) is 8.43. The second kappa shape index (κ2) is 7.98. The molecule has 0 aliphatic rings. The van der Waals surface area contributed by atoms with Crippen molar-refractivity contribution in [1.29, 1.82) is 0 Å². The molecule has 0 aliphatic heterocycles. The highest BCUT2D eigenvalue weighted by atomic mass is 32.2. The summed E-state index contributed by atoms with van der Waals surface area (Å²) < 4.78 is 0. The summed E-state index contributed by atoms with van der Waals surface area (Å²) in [6, 6.07) is 0. The van der Waals surface area contributed by atoms with Gasteiger partial charge >= 0.3 is 0 Å². The van der Waals surface area contributed by atoms with Crippen LogP contribution in [0.4, 0.5) is 0 Å². The second-order valence-corrected chi connectivity index (χ2v) is 6.73. The first kappa shape index (κ1) is 16.8. The van der Waals surface area contributed by atoms with Crippen LogP contribution in [0.2, 0.25) is 0 Å². The highest BCUT2D eigenvalue weighted by Crippen LogP contribution is 2.16. The normalized spacial score (nSPS) is 16.6. The van der Waals surface area contributed by atoms with E-state index in [9.17, 15) is 9.90 Å². The minimum atomic E-state index is -0.789. The van der Waals surface area contributed by atoms with E-state index in [2.05, 4.69) is 19.2 Å². The van der Waals surface area contributed by atoms with Gasteiger partial charge in [-0.3, -0.25) is 4.79 Å². The minimum Gasteiger partial charge on any atom is -0.388 e. The SMILES string of the molecule is CSC(C)CC(=O)NCC(C)(O)CCC(C)C. The van der Waals surface area contributed by atoms with Crippen LogP contribution in [0.1, 0.15) is 47.0 Å². The standard InChI is InChI=1S/C13H27NO2S/c1-10(2)6-7-13(4,16)9-14-12(15)8-11(3)17-5/h10-11,16H,6-9H2,1-5H3,(H,14,15). The van der Waals surface area contributed by atoms with Crippen LogP contribution < -0.4 is 5.32 Å². The van der Waals surface area contributed by atoms with E-state index in [1.807, 2.05) is 13.2 Å². The lowest BCUT2D eigenvalue weighted by Crippen LogP contribution is -2.41. The van der Waals surface area contributed by atoms with Gasteiger partial charge in [-0.25, -0.2) is 0 Å². The van der Waals surface area contributed by atoms with E-state index in [-0.39, 0.29) is 5.91 Å². The number of thioether (sulfide) groups is 1. The molecule has 0 heterocycles. The Hall–Kier alpha value is -0.220. The third-order valence-electron chi connectivity index (χ3n) is 2.80. The predicted molar refractivity (Wildman–Crippen MR) is 75.3 cm³/mol. The molecule has 2 unspecified atom stereocenters. The Labute approximate surface area is 110 Å². The molecular formula is C13H27NO2S. The number of carbonyl (C=O) groups excluding carboxylic acids is 1. The maximum Gasteiger partial charge on any atom is 0.221 e. The summed E-state index contributed by atoms with van der Waals surface area (Å²) >= 11 is 1.68. The molecule has 0 saturated heterocycles. The molecule has 2 atom stereocenters. The maximum absolute atomic E-state index is 11.6. The molecule has 17 heavy (non-hydrogen) atoms. The van der Waals surface area contributed by atoms with Gasteiger partial charge in [-0.1, -0.05) is 20.8 Å². The second-order valence-electron chi connectivity index (χ2n) is 5.46. The number of aliphatic hydroxyl groups is 1. The van der Waals surface area contributed by atoms with E-state index in [1.54, 1.807) is 18.7 Å². The summed E-state index contributed by atoms with van der Waals surface area (Å²) in [4.78, 5) is 11.6. The number of rotatable bonds is 8. The van der Waals surface area contributed by atoms with Crippen molar-refractivity contribution in [2.75, 3.05) is 12.8 Å². The van der Waals surface area contributed by atoms with Gasteiger partial charge in [-0.15, -0.1) is 0 Å². The fourth-order valence-corrected chi connectivity index (χ4v) is 1.71. The Bertz CT molecular complexity index is 229. The van der Waals surface area contributed by atoms with Crippen molar-refractivity contribution in [3.63, 3.8) is 0 Å². The summed E-state index contributed by atoms with van der Waals surface area (Å²) in [5, 5.41) is 13.2. The summed E-state index contributed by atoms with van der Waals surface area (Å²) in [5.74, 6) is 0.602.